The highest BCUT2D eigenvalue weighted by Gasteiger charge is 2.15. The van der Waals surface area contributed by atoms with Gasteiger partial charge in [0.05, 0.1) is 0 Å². The molecule has 0 amide bonds. The molecule has 0 fully saturated rings. The van der Waals surface area contributed by atoms with E-state index in [-0.39, 0.29) is 6.15 Å². The molecular formula is C25H58NO4PS. The van der Waals surface area contributed by atoms with Crippen LogP contribution in [0.4, 0.5) is 0 Å². The van der Waals surface area contributed by atoms with Crippen LogP contribution in [0.25, 0.3) is 0 Å². The SMILES string of the molecule is CCCCCCCCP(CCCCCCCC)C(C)CCCCCCC.O=S(=O)([O-])O.[NH4+]. The van der Waals surface area contributed by atoms with Gasteiger partial charge in [-0.05, 0) is 37.2 Å². The Morgan fingerprint density at radius 3 is 1.28 bits per heavy atom. The fourth-order valence-corrected chi connectivity index (χ4v) is 6.88. The van der Waals surface area contributed by atoms with E-state index >= 15 is 0 Å². The predicted octanol–water partition coefficient (Wildman–Crippen LogP) is 9.32. The van der Waals surface area contributed by atoms with Gasteiger partial charge in [-0.2, -0.15) is 0 Å². The van der Waals surface area contributed by atoms with Crippen LogP contribution in [0.15, 0.2) is 0 Å². The van der Waals surface area contributed by atoms with Crippen LogP contribution in [0.3, 0.4) is 0 Å². The zero-order valence-corrected chi connectivity index (χ0v) is 24.0. The van der Waals surface area contributed by atoms with E-state index in [0.29, 0.717) is 7.92 Å². The van der Waals surface area contributed by atoms with Crippen molar-refractivity contribution in [3.63, 3.8) is 0 Å². The van der Waals surface area contributed by atoms with Crippen molar-refractivity contribution in [2.45, 2.75) is 149 Å². The van der Waals surface area contributed by atoms with Crippen molar-refractivity contribution in [1.82, 2.24) is 6.15 Å². The van der Waals surface area contributed by atoms with E-state index in [4.69, 9.17) is 17.5 Å². The van der Waals surface area contributed by atoms with E-state index in [2.05, 4.69) is 27.7 Å². The van der Waals surface area contributed by atoms with E-state index in [1.165, 1.54) is 116 Å². The van der Waals surface area contributed by atoms with Crippen molar-refractivity contribution in [2.75, 3.05) is 12.3 Å². The average molecular weight is 500 g/mol. The first-order valence-corrected chi connectivity index (χ1v) is 16.3. The van der Waals surface area contributed by atoms with Crippen LogP contribution in [0.5, 0.6) is 0 Å². The summed E-state index contributed by atoms with van der Waals surface area (Å²) in [4.78, 5) is 0. The molecule has 0 saturated carbocycles. The summed E-state index contributed by atoms with van der Waals surface area (Å²) in [5.74, 6) is 0. The van der Waals surface area contributed by atoms with Gasteiger partial charge in [-0.25, -0.2) is 8.42 Å². The summed E-state index contributed by atoms with van der Waals surface area (Å²) in [5.41, 5.74) is 1.03. The first kappa shape index (κ1) is 36.8. The molecule has 0 aliphatic carbocycles. The molecule has 0 bridgehead atoms. The number of rotatable bonds is 21. The lowest BCUT2D eigenvalue weighted by Crippen LogP contribution is -2.06. The van der Waals surface area contributed by atoms with Crippen molar-refractivity contribution in [3.05, 3.63) is 0 Å². The summed E-state index contributed by atoms with van der Waals surface area (Å²) in [6, 6.07) is 0. The van der Waals surface area contributed by atoms with Gasteiger partial charge in [0.15, 0.2) is 0 Å². The summed E-state index contributed by atoms with van der Waals surface area (Å²) in [6.45, 7) is 9.56. The zero-order chi connectivity index (χ0) is 23.8. The lowest BCUT2D eigenvalue weighted by atomic mass is 10.1. The Hall–Kier alpha value is 0.260. The van der Waals surface area contributed by atoms with Crippen LogP contribution in [-0.2, 0) is 10.4 Å². The minimum Gasteiger partial charge on any atom is -0.726 e. The van der Waals surface area contributed by atoms with Gasteiger partial charge < -0.3 is 10.7 Å². The highest BCUT2D eigenvalue weighted by molar-refractivity contribution is 7.79. The van der Waals surface area contributed by atoms with Gasteiger partial charge in [-0.15, -0.1) is 7.92 Å². The van der Waals surface area contributed by atoms with E-state index in [0.717, 1.165) is 5.66 Å². The normalized spacial score (nSPS) is 12.2. The second kappa shape index (κ2) is 27.5. The quantitative estimate of drug-likeness (QED) is 0.0708. The number of quaternary nitrogens is 1. The second-order valence-electron chi connectivity index (χ2n) is 9.05. The summed E-state index contributed by atoms with van der Waals surface area (Å²) in [6.07, 6.45) is 29.5. The maximum absolute atomic E-state index is 8.63. The van der Waals surface area contributed by atoms with E-state index in [1.807, 2.05) is 0 Å². The molecule has 32 heavy (non-hydrogen) atoms. The molecule has 0 aliphatic heterocycles. The van der Waals surface area contributed by atoms with E-state index in [1.54, 1.807) is 12.3 Å². The largest absolute Gasteiger partial charge is 0.726 e. The monoisotopic (exact) mass is 499 g/mol. The minimum atomic E-state index is -4.92. The summed E-state index contributed by atoms with van der Waals surface area (Å²) < 4.78 is 32.8. The van der Waals surface area contributed by atoms with Gasteiger partial charge in [0.25, 0.3) is 0 Å². The third-order valence-corrected chi connectivity index (χ3v) is 9.23. The molecule has 0 radical (unpaired) electrons. The third kappa shape index (κ3) is 34.9. The summed E-state index contributed by atoms with van der Waals surface area (Å²) in [5, 5.41) is 0. The smallest absolute Gasteiger partial charge is 0.215 e. The molecule has 7 heteroatoms. The molecule has 0 aromatic rings. The van der Waals surface area contributed by atoms with Crippen LogP contribution < -0.4 is 6.15 Å². The Kier molecular flexibility index (Phi) is 31.6. The van der Waals surface area contributed by atoms with Crippen LogP contribution >= 0.6 is 7.92 Å². The molecule has 1 atom stereocenters. The topological polar surface area (TPSA) is 114 Å². The summed E-state index contributed by atoms with van der Waals surface area (Å²) >= 11 is 0. The second-order valence-corrected chi connectivity index (χ2v) is 12.9. The lowest BCUT2D eigenvalue weighted by molar-refractivity contribution is 0.366. The molecule has 0 saturated heterocycles. The van der Waals surface area contributed by atoms with Gasteiger partial charge in [0.1, 0.15) is 0 Å². The van der Waals surface area contributed by atoms with Crippen LogP contribution in [0.1, 0.15) is 143 Å². The van der Waals surface area contributed by atoms with Crippen molar-refractivity contribution in [2.24, 2.45) is 0 Å². The maximum atomic E-state index is 8.63. The van der Waals surface area contributed by atoms with Crippen LogP contribution in [-0.4, -0.2) is 35.5 Å². The molecule has 5 nitrogen and oxygen atoms in total. The molecule has 0 rings (SSSR count). The maximum Gasteiger partial charge on any atom is 0.215 e. The fourth-order valence-electron chi connectivity index (χ4n) is 3.97. The molecular weight excluding hydrogens is 441 g/mol. The number of hydrogen-bond acceptors (Lipinski definition) is 3. The molecule has 1 unspecified atom stereocenters. The zero-order valence-electron chi connectivity index (χ0n) is 22.2. The number of hydrogen-bond donors (Lipinski definition) is 2. The minimum absolute atomic E-state index is 0. The van der Waals surface area contributed by atoms with Crippen LogP contribution in [0.2, 0.25) is 0 Å². The highest BCUT2D eigenvalue weighted by Crippen LogP contribution is 2.45. The van der Waals surface area contributed by atoms with Gasteiger partial charge >= 0.3 is 0 Å². The van der Waals surface area contributed by atoms with Crippen molar-refractivity contribution in [1.29, 1.82) is 0 Å². The molecule has 0 heterocycles. The average Bonchev–Trinajstić information content (AvgIpc) is 2.70. The van der Waals surface area contributed by atoms with Gasteiger partial charge in [0, 0.05) is 0 Å². The fraction of sp³-hybridized carbons (Fsp3) is 1.00. The van der Waals surface area contributed by atoms with Gasteiger partial charge in [-0.3, -0.25) is 4.55 Å². The van der Waals surface area contributed by atoms with Crippen LogP contribution in [0, 0.1) is 0 Å². The molecule has 5 N–H and O–H groups in total. The Balaban J connectivity index is -0.00000125. The van der Waals surface area contributed by atoms with E-state index in [9.17, 15) is 0 Å². The Bertz CT molecular complexity index is 425. The van der Waals surface area contributed by atoms with Crippen molar-refractivity contribution >= 4 is 18.3 Å². The first-order valence-electron chi connectivity index (χ1n) is 13.2. The molecule has 0 spiro atoms. The standard InChI is InChI=1S/C25H53P.H3N.H2O4S/c1-5-8-11-14-17-20-23-26(24-21-18-15-12-9-6-2)25(4)22-19-16-13-10-7-3;;1-5(2,3)4/h25H,5-24H2,1-4H3;1H3;(H2,1,2,3,4). The Morgan fingerprint density at radius 2 is 0.938 bits per heavy atom. The predicted molar refractivity (Wildman–Crippen MR) is 145 cm³/mol. The van der Waals surface area contributed by atoms with Crippen molar-refractivity contribution < 1.29 is 17.5 Å². The molecule has 0 aromatic heterocycles. The highest BCUT2D eigenvalue weighted by atomic mass is 32.3. The third-order valence-electron chi connectivity index (χ3n) is 5.95. The Labute approximate surface area is 203 Å². The van der Waals surface area contributed by atoms with Gasteiger partial charge in [0.2, 0.25) is 10.4 Å². The molecule has 198 valence electrons. The van der Waals surface area contributed by atoms with Gasteiger partial charge in [-0.1, -0.05) is 124 Å². The first-order chi connectivity index (χ1) is 14.8. The lowest BCUT2D eigenvalue weighted by Gasteiger charge is -2.25. The number of unbranched alkanes of at least 4 members (excludes halogenated alkanes) is 14. The molecule has 0 aromatic carbocycles. The van der Waals surface area contributed by atoms with E-state index < -0.39 is 10.4 Å². The Morgan fingerprint density at radius 1 is 0.656 bits per heavy atom. The molecule has 0 aliphatic rings. The van der Waals surface area contributed by atoms with Crippen molar-refractivity contribution in [3.8, 4) is 0 Å². The summed E-state index contributed by atoms with van der Waals surface area (Å²) in [7, 11) is -4.61.